The average molecular weight is 646 g/mol. The number of hydrogen-bond donors (Lipinski definition) is 0. The van der Waals surface area contributed by atoms with Gasteiger partial charge < -0.3 is 14.4 Å². The number of ether oxygens (including phenoxy) is 2. The maximum atomic E-state index is 6.77. The van der Waals surface area contributed by atoms with E-state index in [9.17, 15) is 0 Å². The second-order valence-corrected chi connectivity index (χ2v) is 17.2. The number of nitrogens with zero attached hydrogens (tertiary/aromatic N) is 1. The quantitative estimate of drug-likeness (QED) is 0.214. The Morgan fingerprint density at radius 2 is 0.918 bits per heavy atom. The Morgan fingerprint density at radius 1 is 0.469 bits per heavy atom. The van der Waals surface area contributed by atoms with E-state index in [4.69, 9.17) is 9.47 Å². The molecule has 0 saturated heterocycles. The first-order valence-electron chi connectivity index (χ1n) is 17.0. The Kier molecular flexibility index (Phi) is 6.12. The third-order valence-corrected chi connectivity index (χ3v) is 15.4. The highest BCUT2D eigenvalue weighted by Crippen LogP contribution is 2.44. The van der Waals surface area contributed by atoms with Gasteiger partial charge in [-0.1, -0.05) is 132 Å². The molecule has 232 valence electrons. The number of anilines is 3. The Labute approximate surface area is 288 Å². The minimum absolute atomic E-state index is 0.0383. The molecule has 0 aromatic heterocycles. The fourth-order valence-corrected chi connectivity index (χ4v) is 13.8. The molecule has 0 unspecified atom stereocenters. The molecule has 0 N–H and O–H groups in total. The van der Waals surface area contributed by atoms with Crippen LogP contribution >= 0.6 is 0 Å². The maximum Gasteiger partial charge on any atom is 0.260 e. The van der Waals surface area contributed by atoms with Crippen LogP contribution in [0.2, 0.25) is 0 Å². The SMILES string of the molecule is Cc1ccc2c(c1)[Si](c1ccccc1)(c1ccccc1)c1cc(C)ccc1N2c1cc2c3c(c1)Oc1ccccc1B3c1ccccc1O2. The monoisotopic (exact) mass is 645 g/mol. The predicted molar refractivity (Wildman–Crippen MR) is 205 cm³/mol. The highest BCUT2D eigenvalue weighted by atomic mass is 28.3. The number of benzene rings is 7. The number of fused-ring (bicyclic) bond motifs is 6. The lowest BCUT2D eigenvalue weighted by Crippen LogP contribution is -2.77. The van der Waals surface area contributed by atoms with Crippen molar-refractivity contribution in [2.24, 2.45) is 0 Å². The predicted octanol–water partition coefficient (Wildman–Crippen LogP) is 6.19. The third kappa shape index (κ3) is 4.03. The van der Waals surface area contributed by atoms with Crippen LogP contribution in [-0.4, -0.2) is 14.8 Å². The van der Waals surface area contributed by atoms with E-state index >= 15 is 0 Å². The molecule has 0 bridgehead atoms. The Morgan fingerprint density at radius 3 is 1.41 bits per heavy atom. The van der Waals surface area contributed by atoms with Crippen molar-refractivity contribution in [1.29, 1.82) is 0 Å². The molecule has 7 aromatic carbocycles. The molecule has 0 amide bonds. The molecule has 0 spiro atoms. The van der Waals surface area contributed by atoms with Crippen LogP contribution in [0.3, 0.4) is 0 Å². The molecule has 0 saturated carbocycles. The van der Waals surface area contributed by atoms with E-state index in [0.717, 1.165) is 34.1 Å². The van der Waals surface area contributed by atoms with Gasteiger partial charge in [-0.3, -0.25) is 0 Å². The fourth-order valence-electron chi connectivity index (χ4n) is 8.52. The molecule has 0 radical (unpaired) electrons. The molecule has 3 aliphatic rings. The summed E-state index contributed by atoms with van der Waals surface area (Å²) < 4.78 is 13.5. The minimum atomic E-state index is -2.76. The fraction of sp³-hybridized carbons (Fsp3) is 0.0455. The topological polar surface area (TPSA) is 21.7 Å². The zero-order valence-corrected chi connectivity index (χ0v) is 28.4. The minimum Gasteiger partial charge on any atom is -0.458 e. The van der Waals surface area contributed by atoms with Crippen LogP contribution in [0.4, 0.5) is 17.1 Å². The van der Waals surface area contributed by atoms with Crippen LogP contribution in [0.25, 0.3) is 0 Å². The number of rotatable bonds is 3. The lowest BCUT2D eigenvalue weighted by atomic mass is 9.35. The summed E-state index contributed by atoms with van der Waals surface area (Å²) in [6, 6.07) is 57.7. The summed E-state index contributed by atoms with van der Waals surface area (Å²) in [6.45, 7) is 4.47. The van der Waals surface area contributed by atoms with Gasteiger partial charge in [0.1, 0.15) is 23.0 Å². The highest BCUT2D eigenvalue weighted by molar-refractivity contribution is 7.21. The molecule has 3 nitrogen and oxygen atoms in total. The van der Waals surface area contributed by atoms with Crippen molar-refractivity contribution < 1.29 is 9.47 Å². The number of para-hydroxylation sites is 2. The lowest BCUT2D eigenvalue weighted by molar-refractivity contribution is 0.465. The summed E-state index contributed by atoms with van der Waals surface area (Å²) in [5, 5.41) is 5.51. The number of aryl methyl sites for hydroxylation is 2. The van der Waals surface area contributed by atoms with Crippen LogP contribution in [0, 0.1) is 13.8 Å². The zero-order chi connectivity index (χ0) is 32.7. The average Bonchev–Trinajstić information content (AvgIpc) is 3.14. The van der Waals surface area contributed by atoms with E-state index in [-0.39, 0.29) is 6.71 Å². The maximum absolute atomic E-state index is 6.77. The highest BCUT2D eigenvalue weighted by Gasteiger charge is 2.49. The van der Waals surface area contributed by atoms with Gasteiger partial charge in [-0.05, 0) is 69.8 Å². The second-order valence-electron chi connectivity index (χ2n) is 13.4. The zero-order valence-electron chi connectivity index (χ0n) is 27.4. The summed E-state index contributed by atoms with van der Waals surface area (Å²) in [6.07, 6.45) is 0. The molecule has 0 aliphatic carbocycles. The molecule has 49 heavy (non-hydrogen) atoms. The summed E-state index contributed by atoms with van der Waals surface area (Å²) in [5.74, 6) is 3.47. The third-order valence-electron chi connectivity index (χ3n) is 10.5. The van der Waals surface area contributed by atoms with Crippen molar-refractivity contribution in [2.75, 3.05) is 4.90 Å². The Bertz CT molecular complexity index is 2280. The van der Waals surface area contributed by atoms with Gasteiger partial charge in [0, 0.05) is 29.0 Å². The molecular formula is C44H32BNO2Si. The molecule has 3 heterocycles. The molecule has 7 aromatic rings. The van der Waals surface area contributed by atoms with Gasteiger partial charge in [-0.25, -0.2) is 0 Å². The van der Waals surface area contributed by atoms with Crippen molar-refractivity contribution >= 4 is 69.0 Å². The first-order valence-corrected chi connectivity index (χ1v) is 19.0. The second kappa shape index (κ2) is 10.6. The van der Waals surface area contributed by atoms with Crippen LogP contribution in [0.5, 0.6) is 23.0 Å². The molecule has 10 rings (SSSR count). The van der Waals surface area contributed by atoms with E-state index in [1.165, 1.54) is 54.2 Å². The molecular weight excluding hydrogens is 613 g/mol. The van der Waals surface area contributed by atoms with Crippen LogP contribution in [0.1, 0.15) is 11.1 Å². The van der Waals surface area contributed by atoms with E-state index in [2.05, 4.69) is 176 Å². The summed E-state index contributed by atoms with van der Waals surface area (Å²) in [7, 11) is -2.76. The van der Waals surface area contributed by atoms with Crippen molar-refractivity contribution in [1.82, 2.24) is 0 Å². The first-order chi connectivity index (χ1) is 24.1. The standard InChI is InChI=1S/C44H32BNO2Si/c1-29-21-23-36-42(25-29)49(32-13-5-3-6-14-32,33-15-7-4-8-16-33)43-26-30(2)22-24-37(43)46(36)31-27-40-44-41(28-31)48-39-20-12-10-18-35(39)45(44)34-17-9-11-19-38(34)47-40/h3-28H,1-2H3. The van der Waals surface area contributed by atoms with Crippen molar-refractivity contribution in [3.8, 4) is 23.0 Å². The van der Waals surface area contributed by atoms with Crippen molar-refractivity contribution in [3.05, 3.63) is 169 Å². The molecule has 5 heteroatoms. The molecule has 3 aliphatic heterocycles. The molecule has 0 fully saturated rings. The Balaban J connectivity index is 1.27. The first kappa shape index (κ1) is 28.3. The van der Waals surface area contributed by atoms with Crippen LogP contribution < -0.4 is 51.5 Å². The van der Waals surface area contributed by atoms with E-state index < -0.39 is 8.07 Å². The summed E-state index contributed by atoms with van der Waals surface area (Å²) in [5.41, 5.74) is 9.33. The van der Waals surface area contributed by atoms with Gasteiger partial charge in [-0.2, -0.15) is 0 Å². The largest absolute Gasteiger partial charge is 0.458 e. The van der Waals surface area contributed by atoms with Gasteiger partial charge in [0.25, 0.3) is 6.71 Å². The van der Waals surface area contributed by atoms with Gasteiger partial charge in [0.15, 0.2) is 8.07 Å². The van der Waals surface area contributed by atoms with Crippen LogP contribution in [0.15, 0.2) is 158 Å². The van der Waals surface area contributed by atoms with E-state index in [1.54, 1.807) is 0 Å². The van der Waals surface area contributed by atoms with E-state index in [1.807, 2.05) is 0 Å². The van der Waals surface area contributed by atoms with Crippen molar-refractivity contribution in [2.45, 2.75) is 13.8 Å². The summed E-state index contributed by atoms with van der Waals surface area (Å²) in [4.78, 5) is 2.44. The van der Waals surface area contributed by atoms with Crippen LogP contribution in [-0.2, 0) is 0 Å². The van der Waals surface area contributed by atoms with Gasteiger partial charge in [0.05, 0.1) is 5.69 Å². The van der Waals surface area contributed by atoms with Crippen molar-refractivity contribution in [3.63, 3.8) is 0 Å². The molecule has 0 atom stereocenters. The number of hydrogen-bond acceptors (Lipinski definition) is 3. The normalized spacial score (nSPS) is 14.3. The Hall–Kier alpha value is -5.78. The van der Waals surface area contributed by atoms with Gasteiger partial charge in [-0.15, -0.1) is 0 Å². The van der Waals surface area contributed by atoms with E-state index in [0.29, 0.717) is 0 Å². The summed E-state index contributed by atoms with van der Waals surface area (Å²) >= 11 is 0. The van der Waals surface area contributed by atoms with Gasteiger partial charge in [0.2, 0.25) is 0 Å². The smallest absolute Gasteiger partial charge is 0.260 e. The van der Waals surface area contributed by atoms with Gasteiger partial charge >= 0.3 is 0 Å². The lowest BCUT2D eigenvalue weighted by Gasteiger charge is -2.45.